The summed E-state index contributed by atoms with van der Waals surface area (Å²) in [6, 6.07) is 3.99. The highest BCUT2D eigenvalue weighted by Crippen LogP contribution is 2.31. The van der Waals surface area contributed by atoms with Crippen LogP contribution in [0.15, 0.2) is 27.2 Å². The van der Waals surface area contributed by atoms with Gasteiger partial charge in [-0.1, -0.05) is 16.8 Å². The fourth-order valence-corrected chi connectivity index (χ4v) is 2.00. The van der Waals surface area contributed by atoms with E-state index < -0.39 is 11.8 Å². The molecule has 0 amide bonds. The van der Waals surface area contributed by atoms with Crippen LogP contribution in [0, 0.1) is 5.82 Å². The molecule has 0 radical (unpaired) electrons. The lowest BCUT2D eigenvalue weighted by Gasteiger charge is -2.00. The molecule has 17 heavy (non-hydrogen) atoms. The Kier molecular flexibility index (Phi) is 3.17. The molecule has 0 saturated carbocycles. The summed E-state index contributed by atoms with van der Waals surface area (Å²) in [7, 11) is 0. The second-order valence-corrected chi connectivity index (χ2v) is 4.40. The minimum atomic E-state index is -1.20. The molecule has 0 aliphatic heterocycles. The molecule has 0 bridgehead atoms. The van der Waals surface area contributed by atoms with E-state index >= 15 is 0 Å². The summed E-state index contributed by atoms with van der Waals surface area (Å²) in [5, 5.41) is 11.9. The summed E-state index contributed by atoms with van der Waals surface area (Å²) in [5.74, 6) is -1.59. The van der Waals surface area contributed by atoms with Gasteiger partial charge in [0.1, 0.15) is 0 Å². The van der Waals surface area contributed by atoms with Crippen LogP contribution < -0.4 is 0 Å². The Balaban J connectivity index is 2.49. The number of carbonyl (C=O) groups is 1. The second-order valence-electron chi connectivity index (χ2n) is 3.14. The number of carboxylic acids is 1. The Bertz CT molecular complexity index is 576. The van der Waals surface area contributed by atoms with Crippen molar-refractivity contribution in [2.45, 2.75) is 0 Å². The molecular weight excluding hydrogens is 316 g/mol. The summed E-state index contributed by atoms with van der Waals surface area (Å²) < 4.78 is 18.2. The third kappa shape index (κ3) is 2.32. The number of benzene rings is 1. The standard InChI is InChI=1S/C10H4BrClFNO3/c11-5-1-4(2-6(12)9(5)13)8-3-7(10(15)16)14-17-8/h1-3H,(H,15,16). The Morgan fingerprint density at radius 1 is 1.47 bits per heavy atom. The fraction of sp³-hybridized carbons (Fsp3) is 0. The predicted molar refractivity (Wildman–Crippen MR) is 61.6 cm³/mol. The average molecular weight is 321 g/mol. The minimum Gasteiger partial charge on any atom is -0.476 e. The van der Waals surface area contributed by atoms with Gasteiger partial charge in [-0.3, -0.25) is 0 Å². The van der Waals surface area contributed by atoms with Crippen LogP contribution in [0.4, 0.5) is 4.39 Å². The highest BCUT2D eigenvalue weighted by molar-refractivity contribution is 9.10. The highest BCUT2D eigenvalue weighted by atomic mass is 79.9. The number of hydrogen-bond acceptors (Lipinski definition) is 3. The molecule has 0 fully saturated rings. The third-order valence-corrected chi connectivity index (χ3v) is 2.85. The van der Waals surface area contributed by atoms with Crippen LogP contribution in [0.2, 0.25) is 5.02 Å². The molecule has 2 aromatic rings. The number of aromatic carboxylic acids is 1. The van der Waals surface area contributed by atoms with E-state index in [1.807, 2.05) is 0 Å². The fourth-order valence-electron chi connectivity index (χ4n) is 1.21. The normalized spacial score (nSPS) is 10.5. The van der Waals surface area contributed by atoms with Gasteiger partial charge in [0.2, 0.25) is 0 Å². The van der Waals surface area contributed by atoms with Gasteiger partial charge in [-0.25, -0.2) is 9.18 Å². The van der Waals surface area contributed by atoms with Crippen molar-refractivity contribution in [1.82, 2.24) is 5.16 Å². The van der Waals surface area contributed by atoms with Crippen LogP contribution in [0.25, 0.3) is 11.3 Å². The molecule has 1 N–H and O–H groups in total. The van der Waals surface area contributed by atoms with E-state index in [0.29, 0.717) is 5.56 Å². The van der Waals surface area contributed by atoms with Crippen LogP contribution in [0.3, 0.4) is 0 Å². The summed E-state index contributed by atoms with van der Waals surface area (Å²) in [6.45, 7) is 0. The predicted octanol–water partition coefficient (Wildman–Crippen LogP) is 3.59. The lowest BCUT2D eigenvalue weighted by molar-refractivity contribution is 0.0686. The van der Waals surface area contributed by atoms with Crippen molar-refractivity contribution >= 4 is 33.5 Å². The first-order valence-corrected chi connectivity index (χ1v) is 5.51. The zero-order chi connectivity index (χ0) is 12.6. The van der Waals surface area contributed by atoms with Crippen LogP contribution in [0.1, 0.15) is 10.5 Å². The molecule has 0 saturated heterocycles. The van der Waals surface area contributed by atoms with Crippen molar-refractivity contribution in [2.24, 2.45) is 0 Å². The first-order valence-electron chi connectivity index (χ1n) is 4.34. The van der Waals surface area contributed by atoms with Gasteiger partial charge in [0.25, 0.3) is 0 Å². The first-order chi connectivity index (χ1) is 7.99. The number of aromatic nitrogens is 1. The van der Waals surface area contributed by atoms with Crippen LogP contribution in [-0.4, -0.2) is 16.2 Å². The Morgan fingerprint density at radius 3 is 2.71 bits per heavy atom. The SMILES string of the molecule is O=C(O)c1cc(-c2cc(Cl)c(F)c(Br)c2)on1. The van der Waals surface area contributed by atoms with Crippen molar-refractivity contribution in [3.63, 3.8) is 0 Å². The highest BCUT2D eigenvalue weighted by Gasteiger charge is 2.15. The lowest BCUT2D eigenvalue weighted by atomic mass is 10.1. The summed E-state index contributed by atoms with van der Waals surface area (Å²) in [5.41, 5.74) is 0.208. The third-order valence-electron chi connectivity index (χ3n) is 2.00. The van der Waals surface area contributed by atoms with E-state index in [4.69, 9.17) is 21.2 Å². The quantitative estimate of drug-likeness (QED) is 0.859. The molecule has 1 heterocycles. The lowest BCUT2D eigenvalue weighted by Crippen LogP contribution is -1.94. The molecule has 0 atom stereocenters. The van der Waals surface area contributed by atoms with Gasteiger partial charge in [0, 0.05) is 11.6 Å². The maximum atomic E-state index is 13.2. The van der Waals surface area contributed by atoms with Crippen molar-refractivity contribution in [3.05, 3.63) is 39.2 Å². The van der Waals surface area contributed by atoms with Gasteiger partial charge in [-0.2, -0.15) is 0 Å². The molecular formula is C10H4BrClFNO3. The molecule has 1 aromatic heterocycles. The molecule has 4 nitrogen and oxygen atoms in total. The van der Waals surface area contributed by atoms with Gasteiger partial charge in [-0.15, -0.1) is 0 Å². The minimum absolute atomic E-state index is 0.0948. The van der Waals surface area contributed by atoms with E-state index in [1.54, 1.807) is 0 Å². The monoisotopic (exact) mass is 319 g/mol. The Hall–Kier alpha value is -1.40. The zero-order valence-electron chi connectivity index (χ0n) is 8.08. The van der Waals surface area contributed by atoms with E-state index in [-0.39, 0.29) is 20.9 Å². The van der Waals surface area contributed by atoms with E-state index in [0.717, 1.165) is 0 Å². The second kappa shape index (κ2) is 4.46. The number of carboxylic acid groups (broad SMARTS) is 1. The number of halogens is 3. The maximum absolute atomic E-state index is 13.2. The number of hydrogen-bond donors (Lipinski definition) is 1. The molecule has 0 aliphatic rings. The van der Waals surface area contributed by atoms with Gasteiger partial charge >= 0.3 is 5.97 Å². The van der Waals surface area contributed by atoms with Crippen molar-refractivity contribution in [2.75, 3.05) is 0 Å². The van der Waals surface area contributed by atoms with Crippen molar-refractivity contribution in [1.29, 1.82) is 0 Å². The van der Waals surface area contributed by atoms with E-state index in [2.05, 4.69) is 21.1 Å². The maximum Gasteiger partial charge on any atom is 0.358 e. The van der Waals surface area contributed by atoms with Crippen LogP contribution in [-0.2, 0) is 0 Å². The Labute approximate surface area is 108 Å². The van der Waals surface area contributed by atoms with Gasteiger partial charge in [0.05, 0.1) is 9.50 Å². The molecule has 2 rings (SSSR count). The Morgan fingerprint density at radius 2 is 2.18 bits per heavy atom. The molecule has 0 aliphatic carbocycles. The zero-order valence-corrected chi connectivity index (χ0v) is 10.4. The van der Waals surface area contributed by atoms with Crippen LogP contribution in [0.5, 0.6) is 0 Å². The van der Waals surface area contributed by atoms with Crippen molar-refractivity contribution < 1.29 is 18.8 Å². The summed E-state index contributed by atoms with van der Waals surface area (Å²) in [4.78, 5) is 10.6. The van der Waals surface area contributed by atoms with Crippen molar-refractivity contribution in [3.8, 4) is 11.3 Å². The average Bonchev–Trinajstić information content (AvgIpc) is 2.74. The topological polar surface area (TPSA) is 63.3 Å². The number of nitrogens with zero attached hydrogens (tertiary/aromatic N) is 1. The van der Waals surface area contributed by atoms with Crippen LogP contribution >= 0.6 is 27.5 Å². The van der Waals surface area contributed by atoms with E-state index in [9.17, 15) is 9.18 Å². The molecule has 7 heteroatoms. The van der Waals surface area contributed by atoms with E-state index in [1.165, 1.54) is 18.2 Å². The molecule has 88 valence electrons. The largest absolute Gasteiger partial charge is 0.476 e. The van der Waals surface area contributed by atoms with Gasteiger partial charge in [0.15, 0.2) is 17.3 Å². The van der Waals surface area contributed by atoms with Gasteiger partial charge in [-0.05, 0) is 28.1 Å². The first kappa shape index (κ1) is 12.1. The molecule has 0 unspecified atom stereocenters. The van der Waals surface area contributed by atoms with Gasteiger partial charge < -0.3 is 9.63 Å². The molecule has 1 aromatic carbocycles. The summed E-state index contributed by atoms with van der Waals surface area (Å²) in [6.07, 6.45) is 0. The number of rotatable bonds is 2. The smallest absolute Gasteiger partial charge is 0.358 e. The molecule has 0 spiro atoms. The summed E-state index contributed by atoms with van der Waals surface area (Å²) >= 11 is 8.65.